The molecule has 0 aliphatic carbocycles. The van der Waals surface area contributed by atoms with E-state index >= 15 is 0 Å². The van der Waals surface area contributed by atoms with Crippen LogP contribution in [0.5, 0.6) is 0 Å². The molecule has 3 rings (SSSR count). The van der Waals surface area contributed by atoms with E-state index in [1.54, 1.807) is 13.0 Å². The monoisotopic (exact) mass is 323 g/mol. The van der Waals surface area contributed by atoms with Gasteiger partial charge in [0.15, 0.2) is 5.82 Å². The maximum Gasteiger partial charge on any atom is 0.260 e. The molecule has 0 saturated heterocycles. The van der Waals surface area contributed by atoms with Crippen molar-refractivity contribution in [3.05, 3.63) is 60.1 Å². The number of hydrogen-bond acceptors (Lipinski definition) is 6. The fraction of sp³-hybridized carbons (Fsp3) is 0.176. The molecular weight excluding hydrogens is 306 g/mol. The van der Waals surface area contributed by atoms with E-state index in [1.807, 2.05) is 42.2 Å². The van der Waals surface area contributed by atoms with Crippen LogP contribution in [0, 0.1) is 6.92 Å². The lowest BCUT2D eigenvalue weighted by molar-refractivity contribution is 0.102. The number of carbonyl (C=O) groups is 1. The van der Waals surface area contributed by atoms with Crippen LogP contribution in [0.25, 0.3) is 0 Å². The smallest absolute Gasteiger partial charge is 0.260 e. The first-order valence-electron chi connectivity index (χ1n) is 7.56. The topological polar surface area (TPSA) is 84.2 Å². The minimum absolute atomic E-state index is 0.336. The number of aryl methyl sites for hydroxylation is 1. The third-order valence-corrected chi connectivity index (χ3v) is 3.40. The van der Waals surface area contributed by atoms with Gasteiger partial charge < -0.3 is 14.7 Å². The van der Waals surface area contributed by atoms with E-state index in [0.717, 1.165) is 5.69 Å². The number of nitrogens with zero attached hydrogens (tertiary/aromatic N) is 4. The Hall–Kier alpha value is -3.22. The molecule has 0 saturated carbocycles. The van der Waals surface area contributed by atoms with Crippen LogP contribution in [0.2, 0.25) is 0 Å². The van der Waals surface area contributed by atoms with Crippen molar-refractivity contribution in [2.24, 2.45) is 0 Å². The molecule has 1 amide bonds. The van der Waals surface area contributed by atoms with Crippen LogP contribution in [0.3, 0.4) is 0 Å². The Morgan fingerprint density at radius 2 is 1.92 bits per heavy atom. The van der Waals surface area contributed by atoms with Gasteiger partial charge in [-0.05, 0) is 26.0 Å². The number of para-hydroxylation sites is 1. The van der Waals surface area contributed by atoms with Crippen LogP contribution in [0.15, 0.2) is 53.3 Å². The van der Waals surface area contributed by atoms with Crippen molar-refractivity contribution in [3.63, 3.8) is 0 Å². The predicted molar refractivity (Wildman–Crippen MR) is 90.3 cm³/mol. The van der Waals surface area contributed by atoms with Crippen LogP contribution in [0.1, 0.15) is 23.0 Å². The molecule has 7 heteroatoms. The summed E-state index contributed by atoms with van der Waals surface area (Å²) < 4.78 is 4.91. The zero-order chi connectivity index (χ0) is 16.9. The SMILES string of the molecule is CCN(c1ccccc1)c1ncc(C(=O)Nc2cc(C)on2)cn1. The molecule has 2 aromatic heterocycles. The van der Waals surface area contributed by atoms with Gasteiger partial charge in [-0.2, -0.15) is 0 Å². The summed E-state index contributed by atoms with van der Waals surface area (Å²) >= 11 is 0. The molecular formula is C17H17N5O2. The summed E-state index contributed by atoms with van der Waals surface area (Å²) in [5.74, 6) is 1.19. The third kappa shape index (κ3) is 3.40. The third-order valence-electron chi connectivity index (χ3n) is 3.40. The first kappa shape index (κ1) is 15.7. The lowest BCUT2D eigenvalue weighted by Gasteiger charge is -2.20. The highest BCUT2D eigenvalue weighted by Crippen LogP contribution is 2.20. The minimum Gasteiger partial charge on any atom is -0.360 e. The number of hydrogen-bond donors (Lipinski definition) is 1. The molecule has 3 aromatic rings. The summed E-state index contributed by atoms with van der Waals surface area (Å²) in [7, 11) is 0. The number of amides is 1. The second-order valence-electron chi connectivity index (χ2n) is 5.13. The van der Waals surface area contributed by atoms with Crippen LogP contribution in [-0.4, -0.2) is 27.6 Å². The van der Waals surface area contributed by atoms with E-state index in [9.17, 15) is 4.79 Å². The van der Waals surface area contributed by atoms with Crippen molar-refractivity contribution in [2.75, 3.05) is 16.8 Å². The minimum atomic E-state index is -0.336. The summed E-state index contributed by atoms with van der Waals surface area (Å²) in [4.78, 5) is 22.7. The standard InChI is InChI=1S/C17H17N5O2/c1-3-22(14-7-5-4-6-8-14)17-18-10-13(11-19-17)16(23)20-15-9-12(2)24-21-15/h4-11H,3H2,1-2H3,(H,20,21,23). The van der Waals surface area contributed by atoms with Gasteiger partial charge in [0.25, 0.3) is 5.91 Å². The number of nitrogens with one attached hydrogen (secondary N) is 1. The maximum absolute atomic E-state index is 12.2. The van der Waals surface area contributed by atoms with Crippen molar-refractivity contribution in [3.8, 4) is 0 Å². The van der Waals surface area contributed by atoms with E-state index in [-0.39, 0.29) is 5.91 Å². The molecule has 1 aromatic carbocycles. The summed E-state index contributed by atoms with van der Waals surface area (Å²) in [6.07, 6.45) is 2.99. The van der Waals surface area contributed by atoms with Crippen LogP contribution in [-0.2, 0) is 0 Å². The fourth-order valence-electron chi connectivity index (χ4n) is 2.24. The first-order chi connectivity index (χ1) is 11.7. The van der Waals surface area contributed by atoms with Gasteiger partial charge in [-0.15, -0.1) is 0 Å². The highest BCUT2D eigenvalue weighted by atomic mass is 16.5. The molecule has 2 heterocycles. The second-order valence-corrected chi connectivity index (χ2v) is 5.13. The van der Waals surface area contributed by atoms with Gasteiger partial charge in [0.05, 0.1) is 5.56 Å². The van der Waals surface area contributed by atoms with Gasteiger partial charge in [0.2, 0.25) is 5.95 Å². The fourth-order valence-corrected chi connectivity index (χ4v) is 2.24. The van der Waals surface area contributed by atoms with Gasteiger partial charge in [-0.25, -0.2) is 9.97 Å². The maximum atomic E-state index is 12.2. The van der Waals surface area contributed by atoms with Crippen molar-refractivity contribution in [1.29, 1.82) is 0 Å². The van der Waals surface area contributed by atoms with Crippen molar-refractivity contribution in [2.45, 2.75) is 13.8 Å². The first-order valence-corrected chi connectivity index (χ1v) is 7.56. The molecule has 1 N–H and O–H groups in total. The quantitative estimate of drug-likeness (QED) is 0.776. The van der Waals surface area contributed by atoms with Gasteiger partial charge in [0.1, 0.15) is 5.76 Å². The lowest BCUT2D eigenvalue weighted by atomic mass is 10.3. The van der Waals surface area contributed by atoms with Crippen molar-refractivity contribution in [1.82, 2.24) is 15.1 Å². The van der Waals surface area contributed by atoms with Gasteiger partial charge in [0, 0.05) is 30.7 Å². The molecule has 0 spiro atoms. The van der Waals surface area contributed by atoms with Crippen LogP contribution < -0.4 is 10.2 Å². The normalized spacial score (nSPS) is 10.4. The largest absolute Gasteiger partial charge is 0.360 e. The van der Waals surface area contributed by atoms with Crippen LogP contribution >= 0.6 is 0 Å². The molecule has 0 unspecified atom stereocenters. The predicted octanol–water partition coefficient (Wildman–Crippen LogP) is 3.18. The molecule has 0 atom stereocenters. The van der Waals surface area contributed by atoms with Gasteiger partial charge >= 0.3 is 0 Å². The van der Waals surface area contributed by atoms with E-state index in [2.05, 4.69) is 20.4 Å². The van der Waals surface area contributed by atoms with Crippen molar-refractivity contribution >= 4 is 23.4 Å². The van der Waals surface area contributed by atoms with Crippen molar-refractivity contribution < 1.29 is 9.32 Å². The Bertz CT molecular complexity index is 815. The summed E-state index contributed by atoms with van der Waals surface area (Å²) in [6, 6.07) is 11.5. The zero-order valence-electron chi connectivity index (χ0n) is 13.4. The lowest BCUT2D eigenvalue weighted by Crippen LogP contribution is -2.20. The highest BCUT2D eigenvalue weighted by molar-refractivity contribution is 6.03. The Kier molecular flexibility index (Phi) is 4.51. The number of anilines is 3. The van der Waals surface area contributed by atoms with E-state index in [0.29, 0.717) is 29.6 Å². The molecule has 0 aliphatic rings. The van der Waals surface area contributed by atoms with Crippen LogP contribution in [0.4, 0.5) is 17.5 Å². The molecule has 24 heavy (non-hydrogen) atoms. The summed E-state index contributed by atoms with van der Waals surface area (Å²) in [5, 5.41) is 6.36. The summed E-state index contributed by atoms with van der Waals surface area (Å²) in [5.41, 5.74) is 1.35. The molecule has 0 aliphatic heterocycles. The van der Waals surface area contributed by atoms with Gasteiger partial charge in [-0.3, -0.25) is 4.79 Å². The number of benzene rings is 1. The number of carbonyl (C=O) groups excluding carboxylic acids is 1. The summed E-state index contributed by atoms with van der Waals surface area (Å²) in [6.45, 7) is 4.49. The van der Waals surface area contributed by atoms with Gasteiger partial charge in [-0.1, -0.05) is 23.4 Å². The number of aromatic nitrogens is 3. The average Bonchev–Trinajstić information content (AvgIpc) is 3.02. The second kappa shape index (κ2) is 6.91. The molecule has 0 bridgehead atoms. The Morgan fingerprint density at radius 1 is 1.21 bits per heavy atom. The Labute approximate surface area is 139 Å². The average molecular weight is 323 g/mol. The zero-order valence-corrected chi connectivity index (χ0v) is 13.4. The Morgan fingerprint density at radius 3 is 2.50 bits per heavy atom. The molecule has 7 nitrogen and oxygen atoms in total. The van der Waals surface area contributed by atoms with E-state index in [1.165, 1.54) is 12.4 Å². The molecule has 122 valence electrons. The van der Waals surface area contributed by atoms with E-state index in [4.69, 9.17) is 4.52 Å². The molecule has 0 fully saturated rings. The number of rotatable bonds is 5. The Balaban J connectivity index is 1.76. The molecule has 0 radical (unpaired) electrons. The van der Waals surface area contributed by atoms with E-state index < -0.39 is 0 Å². The highest BCUT2D eigenvalue weighted by Gasteiger charge is 2.13.